The maximum atomic E-state index is 12.5. The molecule has 3 aliphatic rings. The molecule has 6 heteroatoms. The third kappa shape index (κ3) is 3.16. The van der Waals surface area contributed by atoms with Crippen molar-refractivity contribution in [3.63, 3.8) is 0 Å². The van der Waals surface area contributed by atoms with Crippen LogP contribution in [0.25, 0.3) is 0 Å². The second-order valence-corrected chi connectivity index (χ2v) is 9.42. The fraction of sp³-hybridized carbons (Fsp3) is 0.611. The van der Waals surface area contributed by atoms with Crippen LogP contribution in [0.3, 0.4) is 0 Å². The average molecular weight is 364 g/mol. The molecule has 3 saturated heterocycles. The number of likely N-dealkylation sites (tertiary alicyclic amines) is 2. The van der Waals surface area contributed by atoms with Crippen molar-refractivity contribution in [2.24, 2.45) is 0 Å². The number of para-hydroxylation sites is 1. The number of carbonyl (C=O) groups is 1. The van der Waals surface area contributed by atoms with Crippen molar-refractivity contribution in [3.8, 4) is 0 Å². The molecule has 1 aromatic carbocycles. The maximum absolute atomic E-state index is 12.5. The van der Waals surface area contributed by atoms with Crippen LogP contribution in [0, 0.1) is 0 Å². The van der Waals surface area contributed by atoms with Crippen LogP contribution < -0.4 is 5.32 Å². The van der Waals surface area contributed by atoms with Crippen LogP contribution in [0.2, 0.25) is 0 Å². The highest BCUT2D eigenvalue weighted by molar-refractivity contribution is 8.01. The van der Waals surface area contributed by atoms with Gasteiger partial charge in [0.15, 0.2) is 0 Å². The smallest absolute Gasteiger partial charge is 0.321 e. The number of rotatable bonds is 3. The second-order valence-electron chi connectivity index (χ2n) is 7.08. The third-order valence-electron chi connectivity index (χ3n) is 5.44. The van der Waals surface area contributed by atoms with E-state index in [0.717, 1.165) is 29.7 Å². The van der Waals surface area contributed by atoms with Crippen molar-refractivity contribution in [1.82, 2.24) is 9.80 Å². The Balaban J connectivity index is 1.31. The number of hydrogen-bond acceptors (Lipinski definition) is 4. The molecule has 2 amide bonds. The largest absolute Gasteiger partial charge is 0.322 e. The molecular weight excluding hydrogens is 338 g/mol. The molecule has 4 nitrogen and oxygen atoms in total. The van der Waals surface area contributed by atoms with E-state index >= 15 is 0 Å². The first-order chi connectivity index (χ1) is 11.7. The van der Waals surface area contributed by atoms with Crippen molar-refractivity contribution in [2.45, 2.75) is 34.9 Å². The van der Waals surface area contributed by atoms with Crippen molar-refractivity contribution in [3.05, 3.63) is 24.3 Å². The molecule has 1 N–H and O–H groups in total. The maximum Gasteiger partial charge on any atom is 0.321 e. The molecule has 1 unspecified atom stereocenters. The van der Waals surface area contributed by atoms with Gasteiger partial charge in [0.05, 0.1) is 10.4 Å². The molecule has 1 spiro atoms. The van der Waals surface area contributed by atoms with Crippen LogP contribution in [0.1, 0.15) is 19.3 Å². The van der Waals surface area contributed by atoms with Gasteiger partial charge >= 0.3 is 6.03 Å². The molecule has 4 rings (SSSR count). The minimum Gasteiger partial charge on any atom is -0.322 e. The Morgan fingerprint density at radius 3 is 2.79 bits per heavy atom. The Hall–Kier alpha value is -0.850. The van der Waals surface area contributed by atoms with E-state index in [1.807, 2.05) is 35.4 Å². The Morgan fingerprint density at radius 1 is 1.29 bits per heavy atom. The van der Waals surface area contributed by atoms with Gasteiger partial charge in [0.2, 0.25) is 0 Å². The zero-order chi connectivity index (χ0) is 16.6. The fourth-order valence-electron chi connectivity index (χ4n) is 4.12. The Labute approximate surface area is 152 Å². The summed E-state index contributed by atoms with van der Waals surface area (Å²) in [5.74, 6) is 1.24. The summed E-state index contributed by atoms with van der Waals surface area (Å²) in [6.45, 7) is 4.35. The van der Waals surface area contributed by atoms with Gasteiger partial charge in [-0.25, -0.2) is 4.79 Å². The summed E-state index contributed by atoms with van der Waals surface area (Å²) in [5, 5.41) is 3.08. The van der Waals surface area contributed by atoms with Gasteiger partial charge in [-0.15, -0.1) is 23.5 Å². The van der Waals surface area contributed by atoms with E-state index in [1.54, 1.807) is 11.8 Å². The first kappa shape index (κ1) is 16.6. The molecule has 130 valence electrons. The summed E-state index contributed by atoms with van der Waals surface area (Å²) in [4.78, 5) is 18.3. The lowest BCUT2D eigenvalue weighted by molar-refractivity contribution is 0.132. The lowest BCUT2D eigenvalue weighted by atomic mass is 9.92. The highest BCUT2D eigenvalue weighted by Gasteiger charge is 2.51. The summed E-state index contributed by atoms with van der Waals surface area (Å²) in [7, 11) is 0. The number of amides is 2. The van der Waals surface area contributed by atoms with Gasteiger partial charge in [-0.2, -0.15) is 0 Å². The Morgan fingerprint density at radius 2 is 2.04 bits per heavy atom. The van der Waals surface area contributed by atoms with E-state index in [-0.39, 0.29) is 6.03 Å². The summed E-state index contributed by atoms with van der Waals surface area (Å²) >= 11 is 3.76. The first-order valence-electron chi connectivity index (χ1n) is 8.76. The number of anilines is 1. The SMILES string of the molecule is CSc1ccccc1NC(=O)N1CC2(CC(N3CCCC3)CS2)C1. The minimum atomic E-state index is 0.0485. The van der Waals surface area contributed by atoms with E-state index in [9.17, 15) is 4.79 Å². The molecule has 0 bridgehead atoms. The van der Waals surface area contributed by atoms with Crippen LogP contribution in [0.4, 0.5) is 10.5 Å². The van der Waals surface area contributed by atoms with Crippen LogP contribution >= 0.6 is 23.5 Å². The van der Waals surface area contributed by atoms with E-state index in [2.05, 4.69) is 22.0 Å². The molecule has 0 aromatic heterocycles. The number of carbonyl (C=O) groups excluding carboxylic acids is 1. The first-order valence-corrected chi connectivity index (χ1v) is 11.0. The normalized spacial score (nSPS) is 25.9. The van der Waals surface area contributed by atoms with Crippen molar-refractivity contribution < 1.29 is 4.79 Å². The van der Waals surface area contributed by atoms with Crippen LogP contribution in [0.5, 0.6) is 0 Å². The standard InChI is InChI=1S/C18H25N3OS2/c1-23-16-7-3-2-6-15(16)19-17(22)21-12-18(13-21)10-14(11-24-18)20-8-4-5-9-20/h2-3,6-7,14H,4-5,8-13H2,1H3,(H,19,22). The molecule has 0 aliphatic carbocycles. The van der Waals surface area contributed by atoms with Gasteiger partial charge < -0.3 is 10.2 Å². The van der Waals surface area contributed by atoms with Gasteiger partial charge in [-0.05, 0) is 50.7 Å². The number of thioether (sulfide) groups is 2. The third-order valence-corrected chi connectivity index (χ3v) is 7.82. The fourth-order valence-corrected chi connectivity index (χ4v) is 6.35. The van der Waals surface area contributed by atoms with Crippen molar-refractivity contribution in [2.75, 3.05) is 43.5 Å². The van der Waals surface area contributed by atoms with E-state index in [0.29, 0.717) is 4.75 Å². The quantitative estimate of drug-likeness (QED) is 0.833. The molecule has 0 radical (unpaired) electrons. The van der Waals surface area contributed by atoms with Crippen molar-refractivity contribution >= 4 is 35.2 Å². The number of benzene rings is 1. The predicted molar refractivity (Wildman–Crippen MR) is 103 cm³/mol. The van der Waals surface area contributed by atoms with E-state index < -0.39 is 0 Å². The summed E-state index contributed by atoms with van der Waals surface area (Å²) < 4.78 is 0.323. The number of nitrogens with zero attached hydrogens (tertiary/aromatic N) is 2. The van der Waals surface area contributed by atoms with Gasteiger partial charge in [-0.1, -0.05) is 12.1 Å². The second kappa shape index (κ2) is 6.81. The van der Waals surface area contributed by atoms with Crippen LogP contribution in [0.15, 0.2) is 29.2 Å². The molecule has 1 atom stereocenters. The molecule has 0 saturated carbocycles. The lowest BCUT2D eigenvalue weighted by Gasteiger charge is -2.47. The Kier molecular flexibility index (Phi) is 4.71. The number of hydrogen-bond donors (Lipinski definition) is 1. The number of nitrogens with one attached hydrogen (secondary N) is 1. The van der Waals surface area contributed by atoms with Crippen molar-refractivity contribution in [1.29, 1.82) is 0 Å². The molecule has 3 aliphatic heterocycles. The molecule has 24 heavy (non-hydrogen) atoms. The molecule has 3 fully saturated rings. The van der Waals surface area contributed by atoms with Gasteiger partial charge in [0, 0.05) is 29.8 Å². The van der Waals surface area contributed by atoms with E-state index in [4.69, 9.17) is 0 Å². The zero-order valence-electron chi connectivity index (χ0n) is 14.2. The lowest BCUT2D eigenvalue weighted by Crippen LogP contribution is -2.62. The molecule has 3 heterocycles. The highest BCUT2D eigenvalue weighted by atomic mass is 32.2. The summed E-state index contributed by atoms with van der Waals surface area (Å²) in [6, 6.07) is 8.79. The number of urea groups is 1. The summed E-state index contributed by atoms with van der Waals surface area (Å²) in [6.07, 6.45) is 6.01. The van der Waals surface area contributed by atoms with Gasteiger partial charge in [-0.3, -0.25) is 4.90 Å². The molecular formula is C18H25N3OS2. The summed E-state index contributed by atoms with van der Waals surface area (Å²) in [5.41, 5.74) is 0.921. The predicted octanol–water partition coefficient (Wildman–Crippen LogP) is 3.60. The average Bonchev–Trinajstić information content (AvgIpc) is 3.23. The topological polar surface area (TPSA) is 35.6 Å². The highest BCUT2D eigenvalue weighted by Crippen LogP contribution is 2.47. The monoisotopic (exact) mass is 363 g/mol. The zero-order valence-corrected chi connectivity index (χ0v) is 15.8. The molecule has 1 aromatic rings. The van der Waals surface area contributed by atoms with Gasteiger partial charge in [0.25, 0.3) is 0 Å². The minimum absolute atomic E-state index is 0.0485. The van der Waals surface area contributed by atoms with Crippen LogP contribution in [-0.4, -0.2) is 64.8 Å². The van der Waals surface area contributed by atoms with E-state index in [1.165, 1.54) is 38.1 Å². The van der Waals surface area contributed by atoms with Crippen LogP contribution in [-0.2, 0) is 0 Å². The Bertz CT molecular complexity index is 612. The van der Waals surface area contributed by atoms with Gasteiger partial charge in [0.1, 0.15) is 0 Å².